The number of hydrogen-bond donors (Lipinski definition) is 1. The topological polar surface area (TPSA) is 35.2 Å². The Balaban J connectivity index is 2.28. The lowest BCUT2D eigenvalue weighted by atomic mass is 9.86. The molecule has 0 unspecified atom stereocenters. The molecule has 0 amide bonds. The van der Waals surface area contributed by atoms with Gasteiger partial charge in [0.2, 0.25) is 0 Å². The fraction of sp³-hybridized carbons (Fsp3) is 0.333. The highest BCUT2D eigenvalue weighted by atomic mass is 16.5. The second-order valence-electron chi connectivity index (χ2n) is 6.35. The molecule has 2 N–H and O–H groups in total. The smallest absolute Gasteiger partial charge is 0.130 e. The summed E-state index contributed by atoms with van der Waals surface area (Å²) in [5.41, 5.74) is 10.3. The van der Waals surface area contributed by atoms with Crippen LogP contribution in [0.1, 0.15) is 37.5 Å². The largest absolute Gasteiger partial charge is 0.457 e. The minimum atomic E-state index is 0.154. The molecule has 0 radical (unpaired) electrons. The molecule has 0 fully saturated rings. The van der Waals surface area contributed by atoms with Crippen molar-refractivity contribution in [2.45, 2.75) is 40.0 Å². The van der Waals surface area contributed by atoms with E-state index in [2.05, 4.69) is 39.8 Å². The highest BCUT2D eigenvalue weighted by molar-refractivity contribution is 5.51. The summed E-state index contributed by atoms with van der Waals surface area (Å²) in [5.74, 6) is 1.71. The van der Waals surface area contributed by atoms with Crippen molar-refractivity contribution >= 4 is 5.69 Å². The molecule has 0 saturated carbocycles. The Morgan fingerprint density at radius 2 is 1.60 bits per heavy atom. The van der Waals surface area contributed by atoms with Gasteiger partial charge >= 0.3 is 0 Å². The zero-order valence-corrected chi connectivity index (χ0v) is 12.9. The molecular formula is C18H23NO. The molecule has 2 rings (SSSR count). The average molecular weight is 269 g/mol. The second-order valence-corrected chi connectivity index (χ2v) is 6.35. The Bertz CT molecular complexity index is 624. The van der Waals surface area contributed by atoms with Crippen molar-refractivity contribution in [1.29, 1.82) is 0 Å². The summed E-state index contributed by atoms with van der Waals surface area (Å²) in [7, 11) is 0. The number of nitrogen functional groups attached to an aromatic ring is 1. The number of ether oxygens (including phenoxy) is 1. The summed E-state index contributed by atoms with van der Waals surface area (Å²) in [6.45, 7) is 10.7. The number of hydrogen-bond acceptors (Lipinski definition) is 2. The molecule has 0 aliphatic rings. The van der Waals surface area contributed by atoms with E-state index in [9.17, 15) is 0 Å². The molecule has 2 aromatic rings. The van der Waals surface area contributed by atoms with E-state index < -0.39 is 0 Å². The highest BCUT2D eigenvalue weighted by Gasteiger charge is 2.15. The Morgan fingerprint density at radius 3 is 2.15 bits per heavy atom. The summed E-state index contributed by atoms with van der Waals surface area (Å²) >= 11 is 0. The van der Waals surface area contributed by atoms with Gasteiger partial charge in [0.05, 0.1) is 0 Å². The highest BCUT2D eigenvalue weighted by Crippen LogP contribution is 2.31. The molecule has 0 saturated heterocycles. The SMILES string of the molecule is Cc1cc(Oc2ccc(C(C)(C)C)cc2C)ccc1N. The van der Waals surface area contributed by atoms with Crippen molar-refractivity contribution in [2.24, 2.45) is 0 Å². The Kier molecular flexibility index (Phi) is 3.76. The first-order valence-corrected chi connectivity index (χ1v) is 6.92. The van der Waals surface area contributed by atoms with Gasteiger partial charge in [0, 0.05) is 5.69 Å². The fourth-order valence-corrected chi connectivity index (χ4v) is 2.07. The first kappa shape index (κ1) is 14.4. The van der Waals surface area contributed by atoms with Crippen molar-refractivity contribution in [1.82, 2.24) is 0 Å². The van der Waals surface area contributed by atoms with Crippen LogP contribution in [0.15, 0.2) is 36.4 Å². The maximum absolute atomic E-state index is 5.96. The van der Waals surface area contributed by atoms with Crippen LogP contribution in [0.3, 0.4) is 0 Å². The maximum Gasteiger partial charge on any atom is 0.130 e. The monoisotopic (exact) mass is 269 g/mol. The molecular weight excluding hydrogens is 246 g/mol. The van der Waals surface area contributed by atoms with Crippen LogP contribution in [-0.4, -0.2) is 0 Å². The molecule has 0 aromatic heterocycles. The standard InChI is InChI=1S/C18H23NO/c1-12-11-15(7-8-16(12)19)20-17-9-6-14(10-13(17)2)18(3,4)5/h6-11H,19H2,1-5H3. The van der Waals surface area contributed by atoms with Gasteiger partial charge in [-0.25, -0.2) is 0 Å². The lowest BCUT2D eigenvalue weighted by Gasteiger charge is -2.20. The zero-order valence-electron chi connectivity index (χ0n) is 12.9. The van der Waals surface area contributed by atoms with Crippen LogP contribution in [-0.2, 0) is 5.41 Å². The maximum atomic E-state index is 5.96. The normalized spacial score (nSPS) is 11.4. The third kappa shape index (κ3) is 3.13. The number of aryl methyl sites for hydroxylation is 2. The van der Waals surface area contributed by atoms with E-state index in [1.165, 1.54) is 5.56 Å². The third-order valence-corrected chi connectivity index (χ3v) is 3.51. The van der Waals surface area contributed by atoms with Gasteiger partial charge < -0.3 is 10.5 Å². The summed E-state index contributed by atoms with van der Waals surface area (Å²) in [4.78, 5) is 0. The fourth-order valence-electron chi connectivity index (χ4n) is 2.07. The van der Waals surface area contributed by atoms with Gasteiger partial charge in [0.25, 0.3) is 0 Å². The summed E-state index contributed by atoms with van der Waals surface area (Å²) < 4.78 is 5.96. The first-order valence-electron chi connectivity index (χ1n) is 6.92. The quantitative estimate of drug-likeness (QED) is 0.781. The van der Waals surface area contributed by atoms with Crippen LogP contribution in [0.5, 0.6) is 11.5 Å². The van der Waals surface area contributed by atoms with E-state index in [0.717, 1.165) is 28.3 Å². The summed E-state index contributed by atoms with van der Waals surface area (Å²) in [5, 5.41) is 0. The van der Waals surface area contributed by atoms with Gasteiger partial charge in [-0.15, -0.1) is 0 Å². The number of benzene rings is 2. The van der Waals surface area contributed by atoms with E-state index in [0.29, 0.717) is 0 Å². The predicted octanol–water partition coefficient (Wildman–Crippen LogP) is 4.98. The van der Waals surface area contributed by atoms with Crippen LogP contribution < -0.4 is 10.5 Å². The molecule has 2 aromatic carbocycles. The van der Waals surface area contributed by atoms with Gasteiger partial charge in [0.1, 0.15) is 11.5 Å². The van der Waals surface area contributed by atoms with Crippen LogP contribution >= 0.6 is 0 Å². The molecule has 2 nitrogen and oxygen atoms in total. The van der Waals surface area contributed by atoms with E-state index in [1.807, 2.05) is 31.2 Å². The van der Waals surface area contributed by atoms with Gasteiger partial charge in [-0.3, -0.25) is 0 Å². The third-order valence-electron chi connectivity index (χ3n) is 3.51. The molecule has 2 heteroatoms. The zero-order chi connectivity index (χ0) is 14.9. The molecule has 0 aliphatic carbocycles. The van der Waals surface area contributed by atoms with E-state index >= 15 is 0 Å². The molecule has 0 spiro atoms. The van der Waals surface area contributed by atoms with Gasteiger partial charge in [-0.1, -0.05) is 32.9 Å². The summed E-state index contributed by atoms with van der Waals surface area (Å²) in [6, 6.07) is 12.1. The van der Waals surface area contributed by atoms with Crippen molar-refractivity contribution in [3.63, 3.8) is 0 Å². The summed E-state index contributed by atoms with van der Waals surface area (Å²) in [6.07, 6.45) is 0. The minimum Gasteiger partial charge on any atom is -0.457 e. The Hall–Kier alpha value is -1.96. The van der Waals surface area contributed by atoms with Crippen molar-refractivity contribution < 1.29 is 4.74 Å². The number of nitrogens with two attached hydrogens (primary N) is 1. The van der Waals surface area contributed by atoms with Crippen LogP contribution in [0.2, 0.25) is 0 Å². The molecule has 20 heavy (non-hydrogen) atoms. The number of anilines is 1. The van der Waals surface area contributed by atoms with Crippen molar-refractivity contribution in [3.8, 4) is 11.5 Å². The predicted molar refractivity (Wildman–Crippen MR) is 85.5 cm³/mol. The van der Waals surface area contributed by atoms with Gasteiger partial charge in [0.15, 0.2) is 0 Å². The number of rotatable bonds is 2. The van der Waals surface area contributed by atoms with Crippen LogP contribution in [0, 0.1) is 13.8 Å². The van der Waals surface area contributed by atoms with Gasteiger partial charge in [-0.2, -0.15) is 0 Å². The molecule has 106 valence electrons. The lowest BCUT2D eigenvalue weighted by Crippen LogP contribution is -2.11. The minimum absolute atomic E-state index is 0.154. The molecule has 0 atom stereocenters. The lowest BCUT2D eigenvalue weighted by molar-refractivity contribution is 0.477. The first-order chi connectivity index (χ1) is 9.27. The second kappa shape index (κ2) is 5.20. The van der Waals surface area contributed by atoms with E-state index in [1.54, 1.807) is 0 Å². The van der Waals surface area contributed by atoms with Crippen molar-refractivity contribution in [3.05, 3.63) is 53.1 Å². The van der Waals surface area contributed by atoms with Crippen molar-refractivity contribution in [2.75, 3.05) is 5.73 Å². The molecule has 0 bridgehead atoms. The van der Waals surface area contributed by atoms with Gasteiger partial charge in [-0.05, 0) is 60.2 Å². The Labute approximate surface area is 121 Å². The Morgan fingerprint density at radius 1 is 0.900 bits per heavy atom. The molecule has 0 aliphatic heterocycles. The van der Waals surface area contributed by atoms with Crippen LogP contribution in [0.4, 0.5) is 5.69 Å². The van der Waals surface area contributed by atoms with E-state index in [-0.39, 0.29) is 5.41 Å². The molecule has 0 heterocycles. The average Bonchev–Trinajstić information content (AvgIpc) is 2.35. The van der Waals surface area contributed by atoms with Crippen LogP contribution in [0.25, 0.3) is 0 Å². The van der Waals surface area contributed by atoms with E-state index in [4.69, 9.17) is 10.5 Å².